The number of hydrogen-bond acceptors (Lipinski definition) is 3. The predicted molar refractivity (Wildman–Crippen MR) is 80.0 cm³/mol. The maximum atomic E-state index is 13.8. The van der Waals surface area contributed by atoms with Crippen LogP contribution in [0.3, 0.4) is 0 Å². The van der Waals surface area contributed by atoms with E-state index in [1.54, 1.807) is 6.07 Å². The van der Waals surface area contributed by atoms with Gasteiger partial charge in [0.1, 0.15) is 12.4 Å². The average molecular weight is 353 g/mol. The summed E-state index contributed by atoms with van der Waals surface area (Å²) in [6.45, 7) is 0.708. The highest BCUT2D eigenvalue weighted by molar-refractivity contribution is 9.10. The molecule has 2 aromatic rings. The second kappa shape index (κ2) is 6.03. The van der Waals surface area contributed by atoms with Gasteiger partial charge in [0.2, 0.25) is 0 Å². The Balaban J connectivity index is 1.79. The fourth-order valence-corrected chi connectivity index (χ4v) is 2.92. The fraction of sp³-hybridized carbons (Fsp3) is 0.250. The number of benzene rings is 2. The Kier molecular flexibility index (Phi) is 4.12. The minimum Gasteiger partial charge on any atom is -0.493 e. The third kappa shape index (κ3) is 3.04. The molecule has 110 valence electrons. The van der Waals surface area contributed by atoms with Gasteiger partial charge in [0.15, 0.2) is 11.6 Å². The van der Waals surface area contributed by atoms with Crippen molar-refractivity contribution in [2.75, 3.05) is 6.61 Å². The Labute approximate surface area is 130 Å². The standard InChI is InChI=1S/C16H14BrFO3/c17-13-6-11-3-4-20-16(11)12(7-13)9-21-15-2-1-10(8-19)5-14(15)18/h1-2,5-7,19H,3-4,8-9H2. The molecule has 1 heterocycles. The predicted octanol–water partition coefficient (Wildman–Crippen LogP) is 3.59. The van der Waals surface area contributed by atoms with Gasteiger partial charge in [-0.15, -0.1) is 0 Å². The number of aliphatic hydroxyl groups is 1. The van der Waals surface area contributed by atoms with Gasteiger partial charge in [-0.3, -0.25) is 0 Å². The van der Waals surface area contributed by atoms with E-state index in [9.17, 15) is 4.39 Å². The zero-order chi connectivity index (χ0) is 14.8. The van der Waals surface area contributed by atoms with Gasteiger partial charge < -0.3 is 14.6 Å². The highest BCUT2D eigenvalue weighted by atomic mass is 79.9. The Hall–Kier alpha value is -1.59. The van der Waals surface area contributed by atoms with Crippen LogP contribution in [0.15, 0.2) is 34.8 Å². The summed E-state index contributed by atoms with van der Waals surface area (Å²) in [5, 5.41) is 8.97. The van der Waals surface area contributed by atoms with Gasteiger partial charge in [-0.2, -0.15) is 0 Å². The van der Waals surface area contributed by atoms with Crippen molar-refractivity contribution < 1.29 is 19.0 Å². The van der Waals surface area contributed by atoms with Gasteiger partial charge in [-0.25, -0.2) is 4.39 Å². The van der Waals surface area contributed by atoms with E-state index < -0.39 is 5.82 Å². The molecule has 0 aliphatic carbocycles. The zero-order valence-electron chi connectivity index (χ0n) is 11.2. The lowest BCUT2D eigenvalue weighted by Gasteiger charge is -2.12. The Bertz CT molecular complexity index is 673. The van der Waals surface area contributed by atoms with Crippen LogP contribution >= 0.6 is 15.9 Å². The van der Waals surface area contributed by atoms with Crippen molar-refractivity contribution in [3.8, 4) is 11.5 Å². The number of fused-ring (bicyclic) bond motifs is 1. The number of rotatable bonds is 4. The normalized spacial score (nSPS) is 12.9. The minimum atomic E-state index is -0.478. The first-order valence-corrected chi connectivity index (χ1v) is 7.43. The van der Waals surface area contributed by atoms with Crippen molar-refractivity contribution in [3.63, 3.8) is 0 Å². The van der Waals surface area contributed by atoms with Crippen LogP contribution in [0.1, 0.15) is 16.7 Å². The minimum absolute atomic E-state index is 0.166. The smallest absolute Gasteiger partial charge is 0.165 e. The molecule has 0 saturated heterocycles. The van der Waals surface area contributed by atoms with Gasteiger partial charge in [0.05, 0.1) is 13.2 Å². The summed E-state index contributed by atoms with van der Waals surface area (Å²) in [5.74, 6) is 0.526. The fourth-order valence-electron chi connectivity index (χ4n) is 2.37. The molecule has 3 rings (SSSR count). The molecular weight excluding hydrogens is 339 g/mol. The lowest BCUT2D eigenvalue weighted by atomic mass is 10.1. The summed E-state index contributed by atoms with van der Waals surface area (Å²) in [7, 11) is 0. The summed E-state index contributed by atoms with van der Waals surface area (Å²) in [5.41, 5.74) is 2.55. The summed E-state index contributed by atoms with van der Waals surface area (Å²) in [4.78, 5) is 0. The molecule has 0 radical (unpaired) electrons. The highest BCUT2D eigenvalue weighted by Gasteiger charge is 2.18. The third-order valence-electron chi connectivity index (χ3n) is 3.39. The van der Waals surface area contributed by atoms with Gasteiger partial charge >= 0.3 is 0 Å². The van der Waals surface area contributed by atoms with Crippen LogP contribution in [0, 0.1) is 5.82 Å². The molecule has 0 aromatic heterocycles. The third-order valence-corrected chi connectivity index (χ3v) is 3.85. The summed E-state index contributed by atoms with van der Waals surface area (Å²) in [6.07, 6.45) is 0.876. The summed E-state index contributed by atoms with van der Waals surface area (Å²) >= 11 is 3.46. The first-order valence-electron chi connectivity index (χ1n) is 6.63. The van der Waals surface area contributed by atoms with Crippen LogP contribution in [0.4, 0.5) is 4.39 Å². The van der Waals surface area contributed by atoms with E-state index >= 15 is 0 Å². The van der Waals surface area contributed by atoms with E-state index in [-0.39, 0.29) is 19.0 Å². The first kappa shape index (κ1) is 14.4. The monoisotopic (exact) mass is 352 g/mol. The molecule has 21 heavy (non-hydrogen) atoms. The van der Waals surface area contributed by atoms with E-state index in [1.165, 1.54) is 12.1 Å². The molecule has 2 aromatic carbocycles. The Morgan fingerprint density at radius 1 is 1.29 bits per heavy atom. The number of hydrogen-bond donors (Lipinski definition) is 1. The first-order chi connectivity index (χ1) is 10.2. The van der Waals surface area contributed by atoms with E-state index in [0.717, 1.165) is 27.8 Å². The second-order valence-electron chi connectivity index (χ2n) is 4.86. The van der Waals surface area contributed by atoms with E-state index in [2.05, 4.69) is 15.9 Å². The van der Waals surface area contributed by atoms with E-state index in [0.29, 0.717) is 12.2 Å². The maximum absolute atomic E-state index is 13.8. The molecule has 0 spiro atoms. The van der Waals surface area contributed by atoms with Gasteiger partial charge in [0, 0.05) is 16.5 Å². The molecule has 1 aliphatic rings. The summed E-state index contributed by atoms with van der Waals surface area (Å²) in [6, 6.07) is 8.39. The average Bonchev–Trinajstić information content (AvgIpc) is 2.93. The molecule has 3 nitrogen and oxygen atoms in total. The van der Waals surface area contributed by atoms with Crippen molar-refractivity contribution in [1.82, 2.24) is 0 Å². The largest absolute Gasteiger partial charge is 0.493 e. The number of halogens is 2. The zero-order valence-corrected chi connectivity index (χ0v) is 12.8. The molecule has 0 fully saturated rings. The van der Waals surface area contributed by atoms with Crippen molar-refractivity contribution in [1.29, 1.82) is 0 Å². The molecule has 1 N–H and O–H groups in total. The topological polar surface area (TPSA) is 38.7 Å². The molecule has 0 amide bonds. The lowest BCUT2D eigenvalue weighted by molar-refractivity contribution is 0.273. The molecule has 1 aliphatic heterocycles. The Morgan fingerprint density at radius 2 is 2.14 bits per heavy atom. The molecule has 0 bridgehead atoms. The van der Waals surface area contributed by atoms with Crippen LogP contribution < -0.4 is 9.47 Å². The molecule has 5 heteroatoms. The van der Waals surface area contributed by atoms with E-state index in [1.807, 2.05) is 12.1 Å². The molecule has 0 unspecified atom stereocenters. The van der Waals surface area contributed by atoms with Gasteiger partial charge in [0.25, 0.3) is 0 Å². The Morgan fingerprint density at radius 3 is 2.90 bits per heavy atom. The number of aliphatic hydroxyl groups excluding tert-OH is 1. The SMILES string of the molecule is OCc1ccc(OCc2cc(Br)cc3c2OCC3)c(F)c1. The van der Waals surface area contributed by atoms with Crippen molar-refractivity contribution in [2.45, 2.75) is 19.6 Å². The van der Waals surface area contributed by atoms with Crippen molar-refractivity contribution in [3.05, 3.63) is 57.3 Å². The van der Waals surface area contributed by atoms with Crippen molar-refractivity contribution >= 4 is 15.9 Å². The van der Waals surface area contributed by atoms with Crippen LogP contribution in [0.25, 0.3) is 0 Å². The molecular formula is C16H14BrFO3. The van der Waals surface area contributed by atoms with Crippen LogP contribution in [0.2, 0.25) is 0 Å². The van der Waals surface area contributed by atoms with E-state index in [4.69, 9.17) is 14.6 Å². The highest BCUT2D eigenvalue weighted by Crippen LogP contribution is 2.33. The summed E-state index contributed by atoms with van der Waals surface area (Å²) < 4.78 is 25.9. The van der Waals surface area contributed by atoms with Gasteiger partial charge in [-0.1, -0.05) is 22.0 Å². The quantitative estimate of drug-likeness (QED) is 0.913. The van der Waals surface area contributed by atoms with Crippen molar-refractivity contribution in [2.24, 2.45) is 0 Å². The van der Waals surface area contributed by atoms with Crippen LogP contribution in [-0.2, 0) is 19.6 Å². The van der Waals surface area contributed by atoms with Gasteiger partial charge in [-0.05, 0) is 35.4 Å². The lowest BCUT2D eigenvalue weighted by Crippen LogP contribution is -2.00. The van der Waals surface area contributed by atoms with Crippen LogP contribution in [0.5, 0.6) is 11.5 Å². The molecule has 0 atom stereocenters. The second-order valence-corrected chi connectivity index (χ2v) is 5.78. The molecule has 0 saturated carbocycles. The number of ether oxygens (including phenoxy) is 2. The maximum Gasteiger partial charge on any atom is 0.165 e. The van der Waals surface area contributed by atoms with Crippen LogP contribution in [-0.4, -0.2) is 11.7 Å².